The summed E-state index contributed by atoms with van der Waals surface area (Å²) in [6, 6.07) is 5.09. The van der Waals surface area contributed by atoms with E-state index < -0.39 is 77.9 Å². The van der Waals surface area contributed by atoms with E-state index in [0.29, 0.717) is 12.1 Å². The number of rotatable bonds is 3. The first-order valence-corrected chi connectivity index (χ1v) is 14.3. The van der Waals surface area contributed by atoms with Gasteiger partial charge in [-0.25, -0.2) is 21.6 Å². The average molecular weight is 586 g/mol. The fourth-order valence-electron chi connectivity index (χ4n) is 4.55. The van der Waals surface area contributed by atoms with Crippen molar-refractivity contribution in [3.8, 4) is 0 Å². The van der Waals surface area contributed by atoms with Crippen LogP contribution in [0, 0.1) is 0 Å². The number of carbonyl (C=O) groups is 1. The first-order chi connectivity index (χ1) is 17.5. The Morgan fingerprint density at radius 3 is 2.16 bits per heavy atom. The Morgan fingerprint density at radius 1 is 0.921 bits per heavy atom. The SMILES string of the molecule is O=C(Nc1cccc(C(F)(F)F)c1)N1CCS(=O)(=O)C2CN(S(=O)(=O)c3cccc(C(F)(F)F)c3)CCC21. The maximum Gasteiger partial charge on any atom is 0.416 e. The lowest BCUT2D eigenvalue weighted by Crippen LogP contribution is -2.64. The summed E-state index contributed by atoms with van der Waals surface area (Å²) >= 11 is 0. The zero-order chi connectivity index (χ0) is 28.1. The van der Waals surface area contributed by atoms with E-state index in [2.05, 4.69) is 5.32 Å². The molecule has 0 aromatic heterocycles. The van der Waals surface area contributed by atoms with Crippen LogP contribution in [0.25, 0.3) is 0 Å². The average Bonchev–Trinajstić information content (AvgIpc) is 2.83. The second-order valence-corrected chi connectivity index (χ2v) is 13.1. The molecule has 2 saturated heterocycles. The molecule has 8 nitrogen and oxygen atoms in total. The second kappa shape index (κ2) is 9.72. The first-order valence-electron chi connectivity index (χ1n) is 11.1. The number of alkyl halides is 6. The fraction of sp³-hybridized carbons (Fsp3) is 0.409. The molecule has 38 heavy (non-hydrogen) atoms. The maximum atomic E-state index is 13.1. The first kappa shape index (κ1) is 28.2. The highest BCUT2D eigenvalue weighted by Crippen LogP contribution is 2.34. The minimum absolute atomic E-state index is 0.155. The molecule has 1 N–H and O–H groups in total. The summed E-state index contributed by atoms with van der Waals surface area (Å²) in [5, 5.41) is 0.949. The van der Waals surface area contributed by atoms with Crippen molar-refractivity contribution < 1.29 is 48.0 Å². The number of amides is 2. The lowest BCUT2D eigenvalue weighted by Gasteiger charge is -2.45. The largest absolute Gasteiger partial charge is 0.416 e. The molecule has 2 heterocycles. The lowest BCUT2D eigenvalue weighted by molar-refractivity contribution is -0.138. The van der Waals surface area contributed by atoms with Crippen molar-refractivity contribution in [2.45, 2.75) is 35.0 Å². The molecule has 0 bridgehead atoms. The van der Waals surface area contributed by atoms with Crippen molar-refractivity contribution in [1.29, 1.82) is 0 Å². The standard InChI is InChI=1S/C22H21F6N3O5S2/c23-21(24,25)14-3-1-5-16(11-14)29-20(32)31-9-10-37(33,34)19-13-30(8-7-18(19)31)38(35,36)17-6-2-4-15(12-17)22(26,27)28/h1-6,11-12,18-19H,7-10,13H2,(H,29,32). The summed E-state index contributed by atoms with van der Waals surface area (Å²) < 4.78 is 131. The smallest absolute Gasteiger partial charge is 0.319 e. The maximum absolute atomic E-state index is 13.1. The quantitative estimate of drug-likeness (QED) is 0.552. The molecule has 2 atom stereocenters. The number of hydrogen-bond acceptors (Lipinski definition) is 5. The molecule has 2 aliphatic rings. The van der Waals surface area contributed by atoms with Crippen LogP contribution in [0.2, 0.25) is 0 Å². The summed E-state index contributed by atoms with van der Waals surface area (Å²) in [7, 11) is -8.42. The van der Waals surface area contributed by atoms with Crippen molar-refractivity contribution in [1.82, 2.24) is 9.21 Å². The molecule has 2 aromatic carbocycles. The number of anilines is 1. The van der Waals surface area contributed by atoms with E-state index in [1.807, 2.05) is 0 Å². The molecule has 2 aromatic rings. The summed E-state index contributed by atoms with van der Waals surface area (Å²) in [5.74, 6) is -0.526. The Hall–Kier alpha value is -2.85. The molecule has 2 amide bonds. The third-order valence-electron chi connectivity index (χ3n) is 6.47. The number of benzene rings is 2. The van der Waals surface area contributed by atoms with E-state index in [0.717, 1.165) is 39.5 Å². The highest BCUT2D eigenvalue weighted by atomic mass is 32.2. The van der Waals surface area contributed by atoms with Crippen molar-refractivity contribution >= 4 is 31.6 Å². The van der Waals surface area contributed by atoms with Crippen LogP contribution in [0.15, 0.2) is 53.4 Å². The van der Waals surface area contributed by atoms with Gasteiger partial charge in [0.05, 0.1) is 33.1 Å². The van der Waals surface area contributed by atoms with Crippen molar-refractivity contribution in [3.05, 3.63) is 59.7 Å². The highest BCUT2D eigenvalue weighted by molar-refractivity contribution is 7.92. The Morgan fingerprint density at radius 2 is 1.53 bits per heavy atom. The summed E-state index contributed by atoms with van der Waals surface area (Å²) in [6.45, 7) is -1.16. The van der Waals surface area contributed by atoms with Crippen molar-refractivity contribution in [2.75, 3.05) is 30.7 Å². The van der Waals surface area contributed by atoms with E-state index in [9.17, 15) is 48.0 Å². The Kier molecular flexibility index (Phi) is 7.20. The molecule has 2 fully saturated rings. The predicted molar refractivity (Wildman–Crippen MR) is 123 cm³/mol. The number of piperidine rings is 1. The van der Waals surface area contributed by atoms with E-state index in [1.165, 1.54) is 6.07 Å². The van der Waals surface area contributed by atoms with Crippen LogP contribution in [0.5, 0.6) is 0 Å². The van der Waals surface area contributed by atoms with E-state index in [4.69, 9.17) is 0 Å². The topological polar surface area (TPSA) is 104 Å². The second-order valence-electron chi connectivity index (χ2n) is 8.85. The van der Waals surface area contributed by atoms with E-state index >= 15 is 0 Å². The number of hydrogen-bond donors (Lipinski definition) is 1. The van der Waals surface area contributed by atoms with Gasteiger partial charge in [0.2, 0.25) is 10.0 Å². The number of carbonyl (C=O) groups excluding carboxylic acids is 1. The number of fused-ring (bicyclic) bond motifs is 1. The summed E-state index contributed by atoms with van der Waals surface area (Å²) in [6.07, 6.45) is -9.60. The summed E-state index contributed by atoms with van der Waals surface area (Å²) in [4.78, 5) is 13.4. The van der Waals surface area contributed by atoms with Gasteiger partial charge in [0.15, 0.2) is 9.84 Å². The molecular weight excluding hydrogens is 564 g/mol. The molecule has 16 heteroatoms. The Balaban J connectivity index is 1.56. The van der Waals surface area contributed by atoms with Crippen LogP contribution >= 0.6 is 0 Å². The molecule has 0 aliphatic carbocycles. The number of halogens is 6. The van der Waals surface area contributed by atoms with Gasteiger partial charge in [-0.1, -0.05) is 12.1 Å². The number of nitrogens with one attached hydrogen (secondary N) is 1. The zero-order valence-corrected chi connectivity index (χ0v) is 21.0. The van der Waals surface area contributed by atoms with Crippen LogP contribution < -0.4 is 5.32 Å². The van der Waals surface area contributed by atoms with Crippen molar-refractivity contribution in [2.24, 2.45) is 0 Å². The minimum atomic E-state index is -4.79. The van der Waals surface area contributed by atoms with E-state index in [1.54, 1.807) is 0 Å². The molecular formula is C22H21F6N3O5S2. The van der Waals surface area contributed by atoms with Gasteiger partial charge >= 0.3 is 18.4 Å². The third kappa shape index (κ3) is 5.61. The van der Waals surface area contributed by atoms with Gasteiger partial charge in [0.1, 0.15) is 0 Å². The third-order valence-corrected chi connectivity index (χ3v) is 10.5. The van der Waals surface area contributed by atoms with Crippen LogP contribution in [-0.2, 0) is 32.2 Å². The number of sulfonamides is 1. The monoisotopic (exact) mass is 585 g/mol. The fourth-order valence-corrected chi connectivity index (χ4v) is 8.09. The number of urea groups is 1. The van der Waals surface area contributed by atoms with Crippen LogP contribution in [-0.4, -0.2) is 68.8 Å². The van der Waals surface area contributed by atoms with Gasteiger partial charge in [-0.3, -0.25) is 0 Å². The zero-order valence-electron chi connectivity index (χ0n) is 19.3. The molecule has 0 saturated carbocycles. The Bertz CT molecular complexity index is 1440. The van der Waals surface area contributed by atoms with Crippen molar-refractivity contribution in [3.63, 3.8) is 0 Å². The molecule has 0 spiro atoms. The minimum Gasteiger partial charge on any atom is -0.319 e. The van der Waals surface area contributed by atoms with Gasteiger partial charge in [-0.15, -0.1) is 0 Å². The number of sulfone groups is 1. The van der Waals surface area contributed by atoms with Gasteiger partial charge < -0.3 is 10.2 Å². The predicted octanol–water partition coefficient (Wildman–Crippen LogP) is 3.82. The van der Waals surface area contributed by atoms with Gasteiger partial charge in [-0.05, 0) is 42.8 Å². The molecule has 208 valence electrons. The van der Waals surface area contributed by atoms with Gasteiger partial charge in [0.25, 0.3) is 0 Å². The number of nitrogens with zero attached hydrogens (tertiary/aromatic N) is 2. The van der Waals surface area contributed by atoms with Crippen LogP contribution in [0.3, 0.4) is 0 Å². The lowest BCUT2D eigenvalue weighted by atomic mass is 10.0. The highest BCUT2D eigenvalue weighted by Gasteiger charge is 2.48. The molecule has 2 unspecified atom stereocenters. The van der Waals surface area contributed by atoms with E-state index in [-0.39, 0.29) is 25.2 Å². The molecule has 0 radical (unpaired) electrons. The molecule has 4 rings (SSSR count). The van der Waals surface area contributed by atoms with Crippen LogP contribution in [0.4, 0.5) is 36.8 Å². The van der Waals surface area contributed by atoms with Gasteiger partial charge in [-0.2, -0.15) is 30.6 Å². The van der Waals surface area contributed by atoms with Gasteiger partial charge in [0, 0.05) is 25.3 Å². The van der Waals surface area contributed by atoms with Crippen LogP contribution in [0.1, 0.15) is 17.5 Å². The summed E-state index contributed by atoms with van der Waals surface area (Å²) in [5.41, 5.74) is -2.35. The Labute approximate surface area is 214 Å². The molecule has 2 aliphatic heterocycles. The normalized spacial score (nSPS) is 22.5.